The SMILES string of the molecule is Cc1noc(=O)o1. The Morgan fingerprint density at radius 3 is 2.57 bits per heavy atom. The summed E-state index contributed by atoms with van der Waals surface area (Å²) in [6.07, 6.45) is 0. The highest BCUT2D eigenvalue weighted by molar-refractivity contribution is 4.58. The molecule has 1 aromatic rings. The molecule has 0 bridgehead atoms. The molecule has 0 unspecified atom stereocenters. The van der Waals surface area contributed by atoms with E-state index in [-0.39, 0.29) is 5.89 Å². The number of hydrogen-bond donors (Lipinski definition) is 0. The summed E-state index contributed by atoms with van der Waals surface area (Å²) in [7, 11) is 0. The number of nitrogens with zero attached hydrogens (tertiary/aromatic N) is 1. The zero-order chi connectivity index (χ0) is 5.28. The standard InChI is InChI=1S/C3H3NO3/c1-2-4-7-3(5)6-2/h1H3. The molecule has 1 rings (SSSR count). The highest BCUT2D eigenvalue weighted by Crippen LogP contribution is 1.79. The van der Waals surface area contributed by atoms with E-state index in [0.717, 1.165) is 0 Å². The molecule has 4 nitrogen and oxygen atoms in total. The van der Waals surface area contributed by atoms with Crippen LogP contribution in [0.3, 0.4) is 0 Å². The Morgan fingerprint density at radius 1 is 1.71 bits per heavy atom. The molecule has 0 aliphatic heterocycles. The van der Waals surface area contributed by atoms with E-state index in [1.807, 2.05) is 0 Å². The molecular formula is C3H3NO3. The van der Waals surface area contributed by atoms with Crippen LogP contribution in [-0.4, -0.2) is 5.16 Å². The van der Waals surface area contributed by atoms with E-state index in [9.17, 15) is 4.79 Å². The first-order valence-electron chi connectivity index (χ1n) is 1.72. The minimum Gasteiger partial charge on any atom is -0.375 e. The molecule has 1 heterocycles. The lowest BCUT2D eigenvalue weighted by Gasteiger charge is -1.60. The van der Waals surface area contributed by atoms with Gasteiger partial charge < -0.3 is 4.42 Å². The van der Waals surface area contributed by atoms with Crippen molar-refractivity contribution in [2.75, 3.05) is 0 Å². The largest absolute Gasteiger partial charge is 0.542 e. The van der Waals surface area contributed by atoms with Crippen molar-refractivity contribution >= 4 is 0 Å². The second-order valence-electron chi connectivity index (χ2n) is 1.05. The quantitative estimate of drug-likeness (QED) is 0.459. The lowest BCUT2D eigenvalue weighted by Crippen LogP contribution is -1.84. The van der Waals surface area contributed by atoms with E-state index < -0.39 is 5.82 Å². The summed E-state index contributed by atoms with van der Waals surface area (Å²) in [6.45, 7) is 1.53. The lowest BCUT2D eigenvalue weighted by molar-refractivity contribution is 0.334. The summed E-state index contributed by atoms with van der Waals surface area (Å²) >= 11 is 0. The van der Waals surface area contributed by atoms with Crippen LogP contribution >= 0.6 is 0 Å². The van der Waals surface area contributed by atoms with Crippen molar-refractivity contribution in [1.29, 1.82) is 0 Å². The topological polar surface area (TPSA) is 56.2 Å². The van der Waals surface area contributed by atoms with Crippen molar-refractivity contribution in [2.24, 2.45) is 0 Å². The third kappa shape index (κ3) is 0.677. The van der Waals surface area contributed by atoms with E-state index in [2.05, 4.69) is 14.1 Å². The Bertz CT molecular complexity index is 198. The van der Waals surface area contributed by atoms with Crippen LogP contribution in [0.5, 0.6) is 0 Å². The summed E-state index contributed by atoms with van der Waals surface area (Å²) in [5.41, 5.74) is 0. The Hall–Kier alpha value is -1.06. The number of aromatic nitrogens is 1. The first-order valence-corrected chi connectivity index (χ1v) is 1.72. The average Bonchev–Trinajstić information content (AvgIpc) is 1.87. The third-order valence-corrected chi connectivity index (χ3v) is 0.480. The highest BCUT2D eigenvalue weighted by atomic mass is 16.6. The molecule has 0 saturated carbocycles. The minimum absolute atomic E-state index is 0.255. The molecule has 0 spiro atoms. The van der Waals surface area contributed by atoms with E-state index in [1.165, 1.54) is 6.92 Å². The van der Waals surface area contributed by atoms with Crippen LogP contribution in [-0.2, 0) is 0 Å². The summed E-state index contributed by atoms with van der Waals surface area (Å²) in [5, 5.41) is 3.16. The molecule has 38 valence electrons. The van der Waals surface area contributed by atoms with Gasteiger partial charge in [0.15, 0.2) is 0 Å². The van der Waals surface area contributed by atoms with Crippen molar-refractivity contribution in [1.82, 2.24) is 5.16 Å². The Kier molecular flexibility index (Phi) is 0.714. The van der Waals surface area contributed by atoms with Gasteiger partial charge in [-0.05, 0) is 5.16 Å². The molecule has 0 saturated heterocycles. The van der Waals surface area contributed by atoms with Crippen LogP contribution < -0.4 is 5.82 Å². The molecule has 0 fully saturated rings. The fourth-order valence-electron chi connectivity index (χ4n) is 0.259. The smallest absolute Gasteiger partial charge is 0.375 e. The molecule has 1 aromatic heterocycles. The van der Waals surface area contributed by atoms with E-state index in [4.69, 9.17) is 0 Å². The molecule has 0 amide bonds. The maximum absolute atomic E-state index is 9.89. The maximum Gasteiger partial charge on any atom is 0.542 e. The highest BCUT2D eigenvalue weighted by Gasteiger charge is 1.90. The van der Waals surface area contributed by atoms with Gasteiger partial charge in [-0.25, -0.2) is 4.79 Å². The Morgan fingerprint density at radius 2 is 2.43 bits per heavy atom. The van der Waals surface area contributed by atoms with Gasteiger partial charge in [-0.3, -0.25) is 4.52 Å². The number of aryl methyl sites for hydroxylation is 1. The molecule has 0 aromatic carbocycles. The van der Waals surface area contributed by atoms with Gasteiger partial charge in [0.1, 0.15) is 0 Å². The van der Waals surface area contributed by atoms with Gasteiger partial charge in [0.2, 0.25) is 5.89 Å². The fourth-order valence-corrected chi connectivity index (χ4v) is 0.259. The van der Waals surface area contributed by atoms with E-state index in [0.29, 0.717) is 0 Å². The molecule has 0 atom stereocenters. The molecule has 0 radical (unpaired) electrons. The Labute approximate surface area is 38.7 Å². The molecule has 0 N–H and O–H groups in total. The minimum atomic E-state index is -0.752. The number of hydrogen-bond acceptors (Lipinski definition) is 4. The van der Waals surface area contributed by atoms with Crippen molar-refractivity contribution in [3.63, 3.8) is 0 Å². The first kappa shape index (κ1) is 4.11. The van der Waals surface area contributed by atoms with E-state index in [1.54, 1.807) is 0 Å². The normalized spacial score (nSPS) is 9.29. The molecule has 7 heavy (non-hydrogen) atoms. The summed E-state index contributed by atoms with van der Waals surface area (Å²) < 4.78 is 8.24. The molecular weight excluding hydrogens is 98.0 g/mol. The number of rotatable bonds is 0. The molecule has 0 aliphatic rings. The van der Waals surface area contributed by atoms with Gasteiger partial charge in [-0.1, -0.05) is 0 Å². The zero-order valence-electron chi connectivity index (χ0n) is 3.67. The zero-order valence-corrected chi connectivity index (χ0v) is 3.67. The van der Waals surface area contributed by atoms with E-state index >= 15 is 0 Å². The summed E-state index contributed by atoms with van der Waals surface area (Å²) in [6, 6.07) is 0. The van der Waals surface area contributed by atoms with Gasteiger partial charge in [0, 0.05) is 6.92 Å². The van der Waals surface area contributed by atoms with Crippen LogP contribution in [0.15, 0.2) is 13.7 Å². The Balaban J connectivity index is 3.30. The third-order valence-electron chi connectivity index (χ3n) is 0.480. The monoisotopic (exact) mass is 101 g/mol. The second-order valence-corrected chi connectivity index (χ2v) is 1.05. The van der Waals surface area contributed by atoms with Crippen molar-refractivity contribution in [3.05, 3.63) is 16.5 Å². The van der Waals surface area contributed by atoms with Crippen molar-refractivity contribution in [2.45, 2.75) is 6.92 Å². The summed E-state index contributed by atoms with van der Waals surface area (Å²) in [4.78, 5) is 9.89. The predicted molar refractivity (Wildman–Crippen MR) is 19.8 cm³/mol. The van der Waals surface area contributed by atoms with Crippen LogP contribution in [0.1, 0.15) is 5.89 Å². The van der Waals surface area contributed by atoms with Crippen LogP contribution in [0.4, 0.5) is 0 Å². The second kappa shape index (κ2) is 1.22. The maximum atomic E-state index is 9.89. The van der Waals surface area contributed by atoms with Gasteiger partial charge >= 0.3 is 5.82 Å². The van der Waals surface area contributed by atoms with Gasteiger partial charge in [-0.2, -0.15) is 0 Å². The average molecular weight is 101 g/mol. The fraction of sp³-hybridized carbons (Fsp3) is 0.333. The lowest BCUT2D eigenvalue weighted by atomic mass is 10.8. The van der Waals surface area contributed by atoms with Gasteiger partial charge in [-0.15, -0.1) is 0 Å². The van der Waals surface area contributed by atoms with Crippen molar-refractivity contribution in [3.8, 4) is 0 Å². The first-order chi connectivity index (χ1) is 3.29. The van der Waals surface area contributed by atoms with Crippen LogP contribution in [0, 0.1) is 6.92 Å². The van der Waals surface area contributed by atoms with Gasteiger partial charge in [0.05, 0.1) is 0 Å². The molecule has 0 aliphatic carbocycles. The van der Waals surface area contributed by atoms with Crippen LogP contribution in [0.25, 0.3) is 0 Å². The van der Waals surface area contributed by atoms with Gasteiger partial charge in [0.25, 0.3) is 0 Å². The van der Waals surface area contributed by atoms with Crippen LogP contribution in [0.2, 0.25) is 0 Å². The molecule has 4 heteroatoms. The summed E-state index contributed by atoms with van der Waals surface area (Å²) in [5.74, 6) is -0.498. The van der Waals surface area contributed by atoms with Crippen molar-refractivity contribution < 1.29 is 8.94 Å². The predicted octanol–water partition coefficient (Wildman–Crippen LogP) is -0.0638.